The summed E-state index contributed by atoms with van der Waals surface area (Å²) >= 11 is 1.34. The van der Waals surface area contributed by atoms with Gasteiger partial charge in [0.05, 0.1) is 48.2 Å². The van der Waals surface area contributed by atoms with Gasteiger partial charge in [0.15, 0.2) is 0 Å². The van der Waals surface area contributed by atoms with Crippen molar-refractivity contribution in [1.82, 2.24) is 14.9 Å². The number of aromatic nitrogens is 2. The fourth-order valence-corrected chi connectivity index (χ4v) is 4.69. The molecule has 0 aliphatic carbocycles. The molecule has 10 heteroatoms. The van der Waals surface area contributed by atoms with Gasteiger partial charge in [-0.2, -0.15) is 0 Å². The molecule has 2 aliphatic heterocycles. The fourth-order valence-electron chi connectivity index (χ4n) is 3.68. The van der Waals surface area contributed by atoms with Crippen LogP contribution in [0.1, 0.15) is 16.1 Å². The van der Waals surface area contributed by atoms with Gasteiger partial charge in [0.2, 0.25) is 0 Å². The molecule has 0 unspecified atom stereocenters. The molecular weight excluding hydrogens is 414 g/mol. The SMILES string of the molecule is O=C(Nc1ccc(NCCCN2CCOCC2)nc1)c1sc2nccc3c2c1N=CN3. The third kappa shape index (κ3) is 4.36. The largest absolute Gasteiger partial charge is 0.379 e. The number of hydrogen-bond acceptors (Lipinski definition) is 9. The topological polar surface area (TPSA) is 104 Å². The third-order valence-electron chi connectivity index (χ3n) is 5.27. The van der Waals surface area contributed by atoms with Crippen LogP contribution >= 0.6 is 11.3 Å². The Bertz CT molecular complexity index is 1110. The predicted octanol–water partition coefficient (Wildman–Crippen LogP) is 3.16. The molecule has 0 saturated carbocycles. The lowest BCUT2D eigenvalue weighted by atomic mass is 10.2. The number of rotatable bonds is 7. The van der Waals surface area contributed by atoms with Gasteiger partial charge in [-0.1, -0.05) is 0 Å². The number of amides is 1. The van der Waals surface area contributed by atoms with E-state index in [1.54, 1.807) is 18.7 Å². The average Bonchev–Trinajstić information content (AvgIpc) is 3.19. The molecule has 1 amide bonds. The molecule has 2 aliphatic rings. The Morgan fingerprint density at radius 2 is 2.13 bits per heavy atom. The minimum atomic E-state index is -0.212. The highest BCUT2D eigenvalue weighted by atomic mass is 32.1. The first-order valence-electron chi connectivity index (χ1n) is 10.3. The number of pyridine rings is 2. The van der Waals surface area contributed by atoms with Gasteiger partial charge in [-0.25, -0.2) is 15.0 Å². The molecule has 3 aromatic heterocycles. The number of anilines is 3. The summed E-state index contributed by atoms with van der Waals surface area (Å²) in [5.74, 6) is 0.581. The Morgan fingerprint density at radius 1 is 1.23 bits per heavy atom. The van der Waals surface area contributed by atoms with Gasteiger partial charge in [0.1, 0.15) is 15.5 Å². The molecule has 9 nitrogen and oxygen atoms in total. The number of nitrogens with zero attached hydrogens (tertiary/aromatic N) is 4. The van der Waals surface area contributed by atoms with E-state index in [2.05, 4.69) is 35.8 Å². The Labute approximate surface area is 183 Å². The number of ether oxygens (including phenoxy) is 1. The van der Waals surface area contributed by atoms with Gasteiger partial charge in [0.25, 0.3) is 5.91 Å². The molecule has 0 aromatic carbocycles. The maximum atomic E-state index is 12.9. The van der Waals surface area contributed by atoms with Crippen LogP contribution in [0.25, 0.3) is 10.2 Å². The van der Waals surface area contributed by atoms with Crippen molar-refractivity contribution in [3.8, 4) is 0 Å². The van der Waals surface area contributed by atoms with Gasteiger partial charge in [-0.3, -0.25) is 9.69 Å². The van der Waals surface area contributed by atoms with E-state index in [0.29, 0.717) is 16.3 Å². The number of hydrogen-bond donors (Lipinski definition) is 3. The second-order valence-corrected chi connectivity index (χ2v) is 8.34. The first-order chi connectivity index (χ1) is 15.3. The van der Waals surface area contributed by atoms with Gasteiger partial charge >= 0.3 is 0 Å². The number of carbonyl (C=O) groups is 1. The normalized spacial score (nSPS) is 15.6. The predicted molar refractivity (Wildman–Crippen MR) is 124 cm³/mol. The lowest BCUT2D eigenvalue weighted by molar-refractivity contribution is 0.0378. The molecule has 0 radical (unpaired) electrons. The van der Waals surface area contributed by atoms with E-state index in [9.17, 15) is 4.79 Å². The molecule has 5 rings (SSSR count). The monoisotopic (exact) mass is 437 g/mol. The Balaban J connectivity index is 1.17. The maximum absolute atomic E-state index is 12.9. The van der Waals surface area contributed by atoms with Crippen molar-refractivity contribution >= 4 is 56.7 Å². The van der Waals surface area contributed by atoms with Crippen molar-refractivity contribution in [3.63, 3.8) is 0 Å². The van der Waals surface area contributed by atoms with Crippen molar-refractivity contribution in [2.75, 3.05) is 55.3 Å². The van der Waals surface area contributed by atoms with Crippen LogP contribution in [0.3, 0.4) is 0 Å². The van der Waals surface area contributed by atoms with Crippen LogP contribution in [0, 0.1) is 0 Å². The molecule has 3 aromatic rings. The van der Waals surface area contributed by atoms with Crippen LogP contribution < -0.4 is 16.0 Å². The summed E-state index contributed by atoms with van der Waals surface area (Å²) in [5.41, 5.74) is 2.21. The maximum Gasteiger partial charge on any atom is 0.268 e. The summed E-state index contributed by atoms with van der Waals surface area (Å²) < 4.78 is 5.37. The van der Waals surface area contributed by atoms with Crippen LogP contribution in [0.5, 0.6) is 0 Å². The van der Waals surface area contributed by atoms with E-state index in [1.165, 1.54) is 11.3 Å². The van der Waals surface area contributed by atoms with Gasteiger partial charge < -0.3 is 20.7 Å². The second-order valence-electron chi connectivity index (χ2n) is 7.34. The molecule has 5 heterocycles. The van der Waals surface area contributed by atoms with Crippen LogP contribution in [0.4, 0.5) is 22.9 Å². The second kappa shape index (κ2) is 8.96. The molecule has 3 N–H and O–H groups in total. The van der Waals surface area contributed by atoms with Crippen LogP contribution in [-0.4, -0.2) is 66.5 Å². The van der Waals surface area contributed by atoms with E-state index in [0.717, 1.165) is 67.5 Å². The van der Waals surface area contributed by atoms with E-state index in [1.807, 2.05) is 18.2 Å². The van der Waals surface area contributed by atoms with E-state index in [-0.39, 0.29) is 5.91 Å². The smallest absolute Gasteiger partial charge is 0.268 e. The van der Waals surface area contributed by atoms with Crippen molar-refractivity contribution in [2.24, 2.45) is 4.99 Å². The Hall–Kier alpha value is -3.08. The van der Waals surface area contributed by atoms with E-state index >= 15 is 0 Å². The van der Waals surface area contributed by atoms with Gasteiger partial charge in [0, 0.05) is 25.8 Å². The zero-order chi connectivity index (χ0) is 21.0. The van der Waals surface area contributed by atoms with Crippen LogP contribution in [-0.2, 0) is 4.74 Å². The summed E-state index contributed by atoms with van der Waals surface area (Å²) in [6.07, 6.45) is 6.03. The van der Waals surface area contributed by atoms with E-state index < -0.39 is 0 Å². The highest BCUT2D eigenvalue weighted by molar-refractivity contribution is 7.21. The summed E-state index contributed by atoms with van der Waals surface area (Å²) in [7, 11) is 0. The number of morpholine rings is 1. The number of nitrogens with one attached hydrogen (secondary N) is 3. The first kappa shape index (κ1) is 19.9. The number of carbonyl (C=O) groups excluding carboxylic acids is 1. The standard InChI is InChI=1S/C21H23N7O2S/c29-20(19-18-17-15(25-13-26-18)4-6-23-21(17)31-19)27-14-2-3-16(24-12-14)22-5-1-7-28-8-10-30-11-9-28/h2-4,6,12-13H,1,5,7-11H2,(H,22,24)(H,25,26)(H,27,29). The molecule has 31 heavy (non-hydrogen) atoms. The van der Waals surface area contributed by atoms with Crippen molar-refractivity contribution in [1.29, 1.82) is 0 Å². The van der Waals surface area contributed by atoms with Crippen molar-refractivity contribution in [2.45, 2.75) is 6.42 Å². The van der Waals surface area contributed by atoms with Crippen LogP contribution in [0.15, 0.2) is 35.6 Å². The summed E-state index contributed by atoms with van der Waals surface area (Å²) in [6.45, 7) is 5.57. The summed E-state index contributed by atoms with van der Waals surface area (Å²) in [4.78, 5) is 29.7. The number of thiophene rings is 1. The molecule has 0 spiro atoms. The zero-order valence-corrected chi connectivity index (χ0v) is 17.7. The lowest BCUT2D eigenvalue weighted by Crippen LogP contribution is -2.37. The quantitative estimate of drug-likeness (QED) is 0.488. The Morgan fingerprint density at radius 3 is 2.97 bits per heavy atom. The van der Waals surface area contributed by atoms with Crippen molar-refractivity contribution < 1.29 is 9.53 Å². The lowest BCUT2D eigenvalue weighted by Gasteiger charge is -2.26. The molecule has 1 fully saturated rings. The summed E-state index contributed by atoms with van der Waals surface area (Å²) in [5, 5.41) is 10.2. The van der Waals surface area contributed by atoms with Crippen LogP contribution in [0.2, 0.25) is 0 Å². The van der Waals surface area contributed by atoms with Gasteiger partial charge in [-0.05, 0) is 31.2 Å². The molecule has 0 atom stereocenters. The average molecular weight is 438 g/mol. The minimum Gasteiger partial charge on any atom is -0.379 e. The highest BCUT2D eigenvalue weighted by Crippen LogP contribution is 2.42. The fraction of sp³-hybridized carbons (Fsp3) is 0.333. The first-order valence-corrected chi connectivity index (χ1v) is 11.1. The van der Waals surface area contributed by atoms with E-state index in [4.69, 9.17) is 4.74 Å². The van der Waals surface area contributed by atoms with Gasteiger partial charge in [-0.15, -0.1) is 11.3 Å². The third-order valence-corrected chi connectivity index (χ3v) is 6.35. The highest BCUT2D eigenvalue weighted by Gasteiger charge is 2.22. The molecule has 1 saturated heterocycles. The number of aliphatic imine (C=N–C) groups is 1. The zero-order valence-electron chi connectivity index (χ0n) is 16.9. The Kier molecular flexibility index (Phi) is 5.74. The molecule has 0 bridgehead atoms. The molecule has 160 valence electrons. The van der Waals surface area contributed by atoms with Crippen molar-refractivity contribution in [3.05, 3.63) is 35.5 Å². The summed E-state index contributed by atoms with van der Waals surface area (Å²) in [6, 6.07) is 5.60. The minimum absolute atomic E-state index is 0.212. The molecular formula is C21H23N7O2S.